The molecule has 0 aliphatic heterocycles. The van der Waals surface area contributed by atoms with Crippen molar-refractivity contribution in [1.29, 1.82) is 0 Å². The van der Waals surface area contributed by atoms with Crippen LogP contribution < -0.4 is 0 Å². The van der Waals surface area contributed by atoms with Gasteiger partial charge in [-0.15, -0.1) is 0 Å². The van der Waals surface area contributed by atoms with Crippen LogP contribution in [-0.2, 0) is 44.5 Å². The molecular weight excluding hydrogens is 321 g/mol. The van der Waals surface area contributed by atoms with Crippen LogP contribution in [0, 0.1) is 0 Å². The third-order valence-corrected chi connectivity index (χ3v) is 0. The summed E-state index contributed by atoms with van der Waals surface area (Å²) in [5, 5.41) is 0. The van der Waals surface area contributed by atoms with E-state index < -0.39 is 0 Å². The van der Waals surface area contributed by atoms with E-state index in [0.717, 1.165) is 0 Å². The molecule has 0 saturated carbocycles. The van der Waals surface area contributed by atoms with Crippen molar-refractivity contribution in [3.8, 4) is 0 Å². The van der Waals surface area contributed by atoms with Crippen LogP contribution in [0.15, 0.2) is 0 Å². The predicted octanol–water partition coefficient (Wildman–Crippen LogP) is -0.243. The Morgan fingerprint density at radius 2 is 1.25 bits per heavy atom. The zero-order valence-electron chi connectivity index (χ0n) is 1.53. The summed E-state index contributed by atoms with van der Waals surface area (Å²) in [5.41, 5.74) is 0. The Bertz CT molecular complexity index is 8.00. The van der Waals surface area contributed by atoms with Crippen LogP contribution in [0.4, 0.5) is 0 Å². The molecule has 2 nitrogen and oxygen atoms in total. The molecule has 4 heavy (non-hydrogen) atoms. The molecule has 28 valence electrons. The molecular formula is O2ReRh. The van der Waals surface area contributed by atoms with Crippen molar-refractivity contribution in [2.45, 2.75) is 0 Å². The van der Waals surface area contributed by atoms with Crippen LogP contribution in [0.2, 0.25) is 0 Å². The summed E-state index contributed by atoms with van der Waals surface area (Å²) in [6.45, 7) is 0. The van der Waals surface area contributed by atoms with Crippen molar-refractivity contribution in [2.24, 2.45) is 0 Å². The number of hydrogen-bond acceptors (Lipinski definition) is 2. The second kappa shape index (κ2) is 41.2. The molecule has 0 heterocycles. The molecule has 0 atom stereocenters. The van der Waals surface area contributed by atoms with E-state index in [1.54, 1.807) is 0 Å². The van der Waals surface area contributed by atoms with Gasteiger partial charge in [0.1, 0.15) is 0 Å². The Morgan fingerprint density at radius 1 is 1.25 bits per heavy atom. The first kappa shape index (κ1) is 8.86. The van der Waals surface area contributed by atoms with Crippen molar-refractivity contribution >= 4 is 0 Å². The van der Waals surface area contributed by atoms with Crippen LogP contribution in [-0.4, -0.2) is 0 Å². The summed E-state index contributed by atoms with van der Waals surface area (Å²) in [7, 11) is 0. The maximum atomic E-state index is 8.31. The summed E-state index contributed by atoms with van der Waals surface area (Å²) in [6, 6.07) is 0. The van der Waals surface area contributed by atoms with E-state index in [1.807, 2.05) is 0 Å². The summed E-state index contributed by atoms with van der Waals surface area (Å²) >= 11 is 1.77. The summed E-state index contributed by atoms with van der Waals surface area (Å²) < 4.78 is 16.4. The fourth-order valence-corrected chi connectivity index (χ4v) is 0. The van der Waals surface area contributed by atoms with Gasteiger partial charge >= 0.3 is 44.5 Å². The van der Waals surface area contributed by atoms with Gasteiger partial charge in [0.05, 0.1) is 0 Å². The van der Waals surface area contributed by atoms with Crippen molar-refractivity contribution in [2.75, 3.05) is 0 Å². The third kappa shape index (κ3) is 13.1. The van der Waals surface area contributed by atoms with Gasteiger partial charge in [0.2, 0.25) is 0 Å². The number of rotatable bonds is 0. The fourth-order valence-electron chi connectivity index (χ4n) is 0. The quantitative estimate of drug-likeness (QED) is 0.577. The SMILES string of the molecule is [O]=[Re].[O]=[Rh]. The van der Waals surface area contributed by atoms with E-state index in [4.69, 9.17) is 7.04 Å². The zero-order chi connectivity index (χ0) is 4.00. The third-order valence-electron chi connectivity index (χ3n) is 0. The van der Waals surface area contributed by atoms with Gasteiger partial charge in [-0.1, -0.05) is 0 Å². The van der Waals surface area contributed by atoms with Crippen molar-refractivity contribution in [1.82, 2.24) is 0 Å². The van der Waals surface area contributed by atoms with Crippen LogP contribution >= 0.6 is 0 Å². The van der Waals surface area contributed by atoms with Gasteiger partial charge < -0.3 is 0 Å². The maximum absolute atomic E-state index is 8.31. The van der Waals surface area contributed by atoms with E-state index in [1.165, 1.54) is 18.3 Å². The molecule has 0 aliphatic rings. The molecule has 0 rings (SSSR count). The first-order valence-corrected chi connectivity index (χ1v) is 2.07. The van der Waals surface area contributed by atoms with Gasteiger partial charge in [-0.05, 0) is 0 Å². The van der Waals surface area contributed by atoms with Gasteiger partial charge in [0.15, 0.2) is 0 Å². The summed E-state index contributed by atoms with van der Waals surface area (Å²) in [4.78, 5) is 0. The topological polar surface area (TPSA) is 34.1 Å². The first-order chi connectivity index (χ1) is 2.00. The van der Waals surface area contributed by atoms with Crippen molar-refractivity contribution in [3.63, 3.8) is 0 Å². The van der Waals surface area contributed by atoms with E-state index in [9.17, 15) is 0 Å². The Kier molecular flexibility index (Phi) is 91.3. The average Bonchev–Trinajstić information content (AvgIpc) is 1.50. The summed E-state index contributed by atoms with van der Waals surface area (Å²) in [5.74, 6) is 0. The molecule has 0 N–H and O–H groups in total. The van der Waals surface area contributed by atoms with Gasteiger partial charge in [-0.25, -0.2) is 0 Å². The second-order valence-electron chi connectivity index (χ2n) is 0. The Labute approximate surface area is 44.6 Å². The first-order valence-electron chi connectivity index (χ1n) is 0.290. The molecule has 0 aromatic rings. The van der Waals surface area contributed by atoms with E-state index in [2.05, 4.69) is 0 Å². The van der Waals surface area contributed by atoms with E-state index in [-0.39, 0.29) is 0 Å². The van der Waals surface area contributed by atoms with E-state index in [0.29, 0.717) is 19.2 Å². The molecule has 0 fully saturated rings. The molecule has 0 aromatic heterocycles. The van der Waals surface area contributed by atoms with Crippen LogP contribution in [0.3, 0.4) is 0 Å². The van der Waals surface area contributed by atoms with Crippen LogP contribution in [0.25, 0.3) is 0 Å². The predicted molar refractivity (Wildman–Crippen MR) is 1.37 cm³/mol. The molecule has 4 heteroatoms. The zero-order valence-corrected chi connectivity index (χ0v) is 5.88. The Hall–Kier alpha value is 0.886. The molecule has 0 aliphatic carbocycles. The molecule has 0 bridgehead atoms. The minimum absolute atomic E-state index is 0.472. The molecule has 0 unspecified atom stereocenters. The second-order valence-corrected chi connectivity index (χ2v) is 0. The van der Waals surface area contributed by atoms with Crippen molar-refractivity contribution in [3.05, 3.63) is 0 Å². The monoisotopic (exact) mass is 322 g/mol. The average molecular weight is 321 g/mol. The fraction of sp³-hybridized carbons (Fsp3) is 0. The molecule has 0 spiro atoms. The van der Waals surface area contributed by atoms with Crippen LogP contribution in [0.1, 0.15) is 0 Å². The normalized spacial score (nSPS) is 2.25. The van der Waals surface area contributed by atoms with Crippen LogP contribution in [0.5, 0.6) is 0 Å². The van der Waals surface area contributed by atoms with Gasteiger partial charge in [0.25, 0.3) is 0 Å². The molecule has 0 amide bonds. The minimum atomic E-state index is 0.472. The molecule has 0 aromatic carbocycles. The van der Waals surface area contributed by atoms with Gasteiger partial charge in [0, 0.05) is 0 Å². The van der Waals surface area contributed by atoms with E-state index >= 15 is 0 Å². The van der Waals surface area contributed by atoms with Gasteiger partial charge in [-0.3, -0.25) is 0 Å². The number of hydrogen-bond donors (Lipinski definition) is 0. The Balaban J connectivity index is 0. The summed E-state index contributed by atoms with van der Waals surface area (Å²) in [6.07, 6.45) is 0. The van der Waals surface area contributed by atoms with Crippen molar-refractivity contribution < 1.29 is 44.5 Å². The van der Waals surface area contributed by atoms with Gasteiger partial charge in [-0.2, -0.15) is 0 Å². The standard InChI is InChI=1S/2O.Re.Rh. The molecule has 0 saturated heterocycles. The Morgan fingerprint density at radius 3 is 1.25 bits per heavy atom. The molecule has 0 radical (unpaired) electrons.